The van der Waals surface area contributed by atoms with E-state index in [1.165, 1.54) is 0 Å². The molecule has 0 radical (unpaired) electrons. The Morgan fingerprint density at radius 1 is 1.10 bits per heavy atom. The van der Waals surface area contributed by atoms with Crippen LogP contribution in [0.2, 0.25) is 0 Å². The summed E-state index contributed by atoms with van der Waals surface area (Å²) in [6.45, 7) is -0.0553. The molecule has 0 bridgehead atoms. The third-order valence-electron chi connectivity index (χ3n) is 5.45. The highest BCUT2D eigenvalue weighted by atomic mass is 32.2. The van der Waals surface area contributed by atoms with E-state index in [0.717, 1.165) is 24.0 Å². The molecule has 0 spiro atoms. The van der Waals surface area contributed by atoms with Crippen molar-refractivity contribution in [2.75, 3.05) is 18.0 Å². The summed E-state index contributed by atoms with van der Waals surface area (Å²) in [6.07, 6.45) is 3.17. The van der Waals surface area contributed by atoms with Gasteiger partial charge in [-0.25, -0.2) is 8.42 Å². The first-order valence-corrected chi connectivity index (χ1v) is 11.4. The number of hydrogen-bond donors (Lipinski definition) is 2. The number of nitriles is 1. The van der Waals surface area contributed by atoms with Crippen LogP contribution in [0.1, 0.15) is 25.7 Å². The van der Waals surface area contributed by atoms with Gasteiger partial charge in [0.2, 0.25) is 5.91 Å². The zero-order valence-corrected chi connectivity index (χ0v) is 17.0. The van der Waals surface area contributed by atoms with Crippen LogP contribution in [0, 0.1) is 23.2 Å². The number of carbonyl (C=O) groups is 1. The molecule has 2 atom stereocenters. The Morgan fingerprint density at radius 2 is 1.83 bits per heavy atom. The molecule has 29 heavy (non-hydrogen) atoms. The molecule has 1 fully saturated rings. The lowest BCUT2D eigenvalue weighted by Crippen LogP contribution is -2.39. The molecule has 1 saturated carbocycles. The largest absolute Gasteiger partial charge is 0.399 e. The standard InChI is InChI=1S/C22H25N3O3S/c23-12-13-25-22(26)21-7-2-1-4-18(21)15-29(27,28)20-10-8-16(9-11-20)17-5-3-6-19(24)14-17/h3,5-6,8-11,14,18,21H,1-2,4,7,13,15,24H2,(H,25,26)/t18-,21+/m1/s1. The van der Waals surface area contributed by atoms with Gasteiger partial charge in [-0.1, -0.05) is 37.1 Å². The van der Waals surface area contributed by atoms with Crippen molar-refractivity contribution in [3.05, 3.63) is 48.5 Å². The highest BCUT2D eigenvalue weighted by Gasteiger charge is 2.34. The second kappa shape index (κ2) is 9.10. The summed E-state index contributed by atoms with van der Waals surface area (Å²) in [5, 5.41) is 11.2. The Kier molecular flexibility index (Phi) is 6.55. The number of sulfone groups is 1. The smallest absolute Gasteiger partial charge is 0.224 e. The summed E-state index contributed by atoms with van der Waals surface area (Å²) >= 11 is 0. The number of nitrogen functional groups attached to an aromatic ring is 1. The molecule has 2 aromatic carbocycles. The molecule has 0 aromatic heterocycles. The second-order valence-corrected chi connectivity index (χ2v) is 9.49. The summed E-state index contributed by atoms with van der Waals surface area (Å²) in [7, 11) is -3.52. The molecule has 152 valence electrons. The molecule has 0 heterocycles. The molecule has 2 aromatic rings. The highest BCUT2D eigenvalue weighted by Crippen LogP contribution is 2.33. The fourth-order valence-electron chi connectivity index (χ4n) is 3.96. The van der Waals surface area contributed by atoms with Gasteiger partial charge >= 0.3 is 0 Å². The van der Waals surface area contributed by atoms with Gasteiger partial charge in [-0.15, -0.1) is 0 Å². The van der Waals surface area contributed by atoms with Gasteiger partial charge < -0.3 is 11.1 Å². The van der Waals surface area contributed by atoms with E-state index in [2.05, 4.69) is 5.32 Å². The lowest BCUT2D eigenvalue weighted by Gasteiger charge is -2.30. The first kappa shape index (κ1) is 20.9. The fraction of sp³-hybridized carbons (Fsp3) is 0.364. The van der Waals surface area contributed by atoms with Crippen molar-refractivity contribution < 1.29 is 13.2 Å². The minimum Gasteiger partial charge on any atom is -0.399 e. The molecule has 1 amide bonds. The van der Waals surface area contributed by atoms with Gasteiger partial charge in [0.15, 0.2) is 9.84 Å². The maximum absolute atomic E-state index is 13.0. The predicted molar refractivity (Wildman–Crippen MR) is 112 cm³/mol. The van der Waals surface area contributed by atoms with E-state index in [9.17, 15) is 13.2 Å². The molecule has 6 nitrogen and oxygen atoms in total. The average molecular weight is 412 g/mol. The summed E-state index contributed by atoms with van der Waals surface area (Å²) in [6, 6.07) is 16.1. The van der Waals surface area contributed by atoms with E-state index in [-0.39, 0.29) is 34.9 Å². The van der Waals surface area contributed by atoms with Crippen LogP contribution in [0.15, 0.2) is 53.4 Å². The molecular formula is C22H25N3O3S. The van der Waals surface area contributed by atoms with Crippen LogP contribution in [0.3, 0.4) is 0 Å². The normalized spacial score (nSPS) is 19.3. The van der Waals surface area contributed by atoms with E-state index in [1.54, 1.807) is 30.3 Å². The van der Waals surface area contributed by atoms with Crippen molar-refractivity contribution in [2.24, 2.45) is 11.8 Å². The quantitative estimate of drug-likeness (QED) is 0.560. The Morgan fingerprint density at radius 3 is 2.52 bits per heavy atom. The molecule has 0 aliphatic heterocycles. The maximum Gasteiger partial charge on any atom is 0.224 e. The third-order valence-corrected chi connectivity index (χ3v) is 7.31. The Bertz CT molecular complexity index is 1010. The number of rotatable bonds is 6. The van der Waals surface area contributed by atoms with E-state index < -0.39 is 9.84 Å². The number of anilines is 1. The van der Waals surface area contributed by atoms with Gasteiger partial charge in [-0.3, -0.25) is 4.79 Å². The van der Waals surface area contributed by atoms with Crippen molar-refractivity contribution in [2.45, 2.75) is 30.6 Å². The molecule has 0 unspecified atom stereocenters. The van der Waals surface area contributed by atoms with Crippen molar-refractivity contribution in [3.63, 3.8) is 0 Å². The van der Waals surface area contributed by atoms with E-state index >= 15 is 0 Å². The molecule has 1 aliphatic rings. The van der Waals surface area contributed by atoms with Crippen LogP contribution in [0.25, 0.3) is 11.1 Å². The molecule has 1 aliphatic carbocycles. The predicted octanol–water partition coefficient (Wildman–Crippen LogP) is 3.16. The molecule has 3 N–H and O–H groups in total. The van der Waals surface area contributed by atoms with Gasteiger partial charge in [0.05, 0.1) is 16.7 Å². The summed E-state index contributed by atoms with van der Waals surface area (Å²) in [5.41, 5.74) is 8.29. The van der Waals surface area contributed by atoms with Crippen molar-refractivity contribution in [3.8, 4) is 17.2 Å². The Labute approximate surface area is 171 Å². The number of hydrogen-bond acceptors (Lipinski definition) is 5. The van der Waals surface area contributed by atoms with Crippen LogP contribution >= 0.6 is 0 Å². The number of amides is 1. The summed E-state index contributed by atoms with van der Waals surface area (Å²) in [5.74, 6) is -0.877. The van der Waals surface area contributed by atoms with Gasteiger partial charge in [-0.05, 0) is 54.2 Å². The zero-order valence-electron chi connectivity index (χ0n) is 16.2. The SMILES string of the molecule is N#CCNC(=O)[C@H]1CCCC[C@@H]1CS(=O)(=O)c1ccc(-c2cccc(N)c2)cc1. The van der Waals surface area contributed by atoms with E-state index in [0.29, 0.717) is 18.5 Å². The minimum atomic E-state index is -3.52. The van der Waals surface area contributed by atoms with Gasteiger partial charge in [0, 0.05) is 11.6 Å². The number of nitrogens with two attached hydrogens (primary N) is 1. The lowest BCUT2D eigenvalue weighted by atomic mass is 9.80. The van der Waals surface area contributed by atoms with Crippen molar-refractivity contribution in [1.29, 1.82) is 5.26 Å². The van der Waals surface area contributed by atoms with Gasteiger partial charge in [0.1, 0.15) is 6.54 Å². The van der Waals surface area contributed by atoms with E-state index in [4.69, 9.17) is 11.0 Å². The van der Waals surface area contributed by atoms with Crippen LogP contribution < -0.4 is 11.1 Å². The number of nitrogens with zero attached hydrogens (tertiary/aromatic N) is 1. The summed E-state index contributed by atoms with van der Waals surface area (Å²) < 4.78 is 26.0. The monoisotopic (exact) mass is 411 g/mol. The first-order chi connectivity index (χ1) is 13.9. The summed E-state index contributed by atoms with van der Waals surface area (Å²) in [4.78, 5) is 12.6. The molecule has 3 rings (SSSR count). The topological polar surface area (TPSA) is 113 Å². The number of carbonyl (C=O) groups excluding carboxylic acids is 1. The molecule has 7 heteroatoms. The maximum atomic E-state index is 13.0. The van der Waals surface area contributed by atoms with Crippen LogP contribution in [0.4, 0.5) is 5.69 Å². The van der Waals surface area contributed by atoms with Crippen molar-refractivity contribution >= 4 is 21.4 Å². The zero-order chi connectivity index (χ0) is 20.9. The third kappa shape index (κ3) is 5.15. The fourth-order valence-corrected chi connectivity index (χ4v) is 5.67. The number of benzene rings is 2. The van der Waals surface area contributed by atoms with E-state index in [1.807, 2.05) is 24.3 Å². The van der Waals surface area contributed by atoms with Crippen LogP contribution in [0.5, 0.6) is 0 Å². The van der Waals surface area contributed by atoms with Gasteiger partial charge in [-0.2, -0.15) is 5.26 Å². The molecule has 0 saturated heterocycles. The van der Waals surface area contributed by atoms with Crippen LogP contribution in [-0.4, -0.2) is 26.6 Å². The Hall–Kier alpha value is -2.85. The Balaban J connectivity index is 1.76. The first-order valence-electron chi connectivity index (χ1n) is 9.74. The average Bonchev–Trinajstić information content (AvgIpc) is 2.72. The van der Waals surface area contributed by atoms with Gasteiger partial charge in [0.25, 0.3) is 0 Å². The number of nitrogens with one attached hydrogen (secondary N) is 1. The van der Waals surface area contributed by atoms with Crippen molar-refractivity contribution in [1.82, 2.24) is 5.32 Å². The molecular weight excluding hydrogens is 386 g/mol. The second-order valence-electron chi connectivity index (χ2n) is 7.46. The minimum absolute atomic E-state index is 0.0553. The highest BCUT2D eigenvalue weighted by molar-refractivity contribution is 7.91. The lowest BCUT2D eigenvalue weighted by molar-refractivity contribution is -0.127. The van der Waals surface area contributed by atoms with Crippen LogP contribution in [-0.2, 0) is 14.6 Å².